The molecule has 0 aliphatic carbocycles. The smallest absolute Gasteiger partial charge is 0.309 e. The summed E-state index contributed by atoms with van der Waals surface area (Å²) in [6.07, 6.45) is 1.53. The van der Waals surface area contributed by atoms with E-state index in [2.05, 4.69) is 10.00 Å². The van der Waals surface area contributed by atoms with Gasteiger partial charge in [0.15, 0.2) is 0 Å². The molecule has 0 N–H and O–H groups in total. The molecule has 3 rings (SSSR count). The van der Waals surface area contributed by atoms with E-state index in [0.29, 0.717) is 41.1 Å². The van der Waals surface area contributed by atoms with E-state index in [1.807, 2.05) is 19.1 Å². The van der Waals surface area contributed by atoms with Crippen molar-refractivity contribution in [1.82, 2.24) is 14.7 Å². The van der Waals surface area contributed by atoms with Gasteiger partial charge < -0.3 is 18.6 Å². The molecule has 9 heteroatoms. The quantitative estimate of drug-likeness (QED) is 0.512. The van der Waals surface area contributed by atoms with Gasteiger partial charge in [0.25, 0.3) is 10.7 Å². The molecule has 28 heavy (non-hydrogen) atoms. The van der Waals surface area contributed by atoms with Gasteiger partial charge in [0.1, 0.15) is 11.5 Å². The Morgan fingerprint density at radius 1 is 1.29 bits per heavy atom. The summed E-state index contributed by atoms with van der Waals surface area (Å²) in [5.41, 5.74) is 0.703. The maximum absolute atomic E-state index is 11.9. The number of likely N-dealkylation sites (tertiary alicyclic amines) is 1. The molecule has 1 aliphatic heterocycles. The van der Waals surface area contributed by atoms with Crippen molar-refractivity contribution >= 4 is 18.2 Å². The Bertz CT molecular complexity index is 871. The van der Waals surface area contributed by atoms with Crippen LogP contribution in [0.1, 0.15) is 19.8 Å². The van der Waals surface area contributed by atoms with Gasteiger partial charge in [0.2, 0.25) is 0 Å². The summed E-state index contributed by atoms with van der Waals surface area (Å²) in [5, 5.41) is 4.51. The second-order valence-electron chi connectivity index (χ2n) is 6.52. The van der Waals surface area contributed by atoms with Gasteiger partial charge in [-0.25, -0.2) is 4.68 Å². The van der Waals surface area contributed by atoms with Crippen molar-refractivity contribution in [3.8, 4) is 23.0 Å². The lowest BCUT2D eigenvalue weighted by molar-refractivity contribution is -0.149. The minimum absolute atomic E-state index is 0.0272. The monoisotopic (exact) mass is 407 g/mol. The van der Waals surface area contributed by atoms with Crippen molar-refractivity contribution in [1.29, 1.82) is 0 Å². The number of benzene rings is 1. The molecule has 1 fully saturated rings. The predicted octanol–water partition coefficient (Wildman–Crippen LogP) is 3.12. The second-order valence-corrected chi connectivity index (χ2v) is 6.87. The highest BCUT2D eigenvalue weighted by Gasteiger charge is 2.26. The molecule has 2 heterocycles. The fourth-order valence-corrected chi connectivity index (χ4v) is 3.42. The first-order valence-corrected chi connectivity index (χ1v) is 9.65. The minimum Gasteiger partial charge on any atom is -0.497 e. The molecule has 0 atom stereocenters. The van der Waals surface area contributed by atoms with Crippen LogP contribution >= 0.6 is 12.2 Å². The van der Waals surface area contributed by atoms with E-state index in [-0.39, 0.29) is 11.9 Å². The Hall–Kier alpha value is -2.39. The number of piperidine rings is 1. The van der Waals surface area contributed by atoms with Crippen LogP contribution in [0.2, 0.25) is 0 Å². The lowest BCUT2D eigenvalue weighted by Crippen LogP contribution is -2.38. The van der Waals surface area contributed by atoms with Crippen LogP contribution in [0.5, 0.6) is 11.5 Å². The van der Waals surface area contributed by atoms with Crippen LogP contribution < -0.4 is 9.47 Å². The van der Waals surface area contributed by atoms with Crippen molar-refractivity contribution in [3.05, 3.63) is 23.0 Å². The van der Waals surface area contributed by atoms with E-state index >= 15 is 0 Å². The van der Waals surface area contributed by atoms with Crippen LogP contribution in [0.15, 0.2) is 22.6 Å². The molecule has 1 aromatic heterocycles. The molecule has 0 amide bonds. The van der Waals surface area contributed by atoms with Crippen molar-refractivity contribution in [2.24, 2.45) is 5.92 Å². The van der Waals surface area contributed by atoms with E-state index in [4.69, 9.17) is 30.8 Å². The minimum atomic E-state index is -0.103. The third kappa shape index (κ3) is 4.53. The average Bonchev–Trinajstić information content (AvgIpc) is 3.08. The maximum atomic E-state index is 11.9. The molecular weight excluding hydrogens is 382 g/mol. The van der Waals surface area contributed by atoms with Crippen LogP contribution in [0.3, 0.4) is 0 Å². The zero-order chi connectivity index (χ0) is 20.1. The van der Waals surface area contributed by atoms with E-state index in [9.17, 15) is 4.79 Å². The summed E-state index contributed by atoms with van der Waals surface area (Å²) in [6.45, 7) is 4.31. The summed E-state index contributed by atoms with van der Waals surface area (Å²) >= 11 is 5.34. The fourth-order valence-electron chi connectivity index (χ4n) is 3.24. The molecule has 1 aliphatic rings. The van der Waals surface area contributed by atoms with Gasteiger partial charge in [-0.1, -0.05) is 0 Å². The molecule has 0 spiro atoms. The van der Waals surface area contributed by atoms with Crippen molar-refractivity contribution in [2.75, 3.05) is 33.9 Å². The zero-order valence-corrected chi connectivity index (χ0v) is 17.2. The van der Waals surface area contributed by atoms with Crippen molar-refractivity contribution in [2.45, 2.75) is 26.4 Å². The first-order chi connectivity index (χ1) is 13.5. The first-order valence-electron chi connectivity index (χ1n) is 9.25. The Morgan fingerprint density at radius 2 is 2.04 bits per heavy atom. The topological polar surface area (TPSA) is 79.0 Å². The third-order valence-electron chi connectivity index (χ3n) is 4.79. The highest BCUT2D eigenvalue weighted by atomic mass is 32.1. The zero-order valence-electron chi connectivity index (χ0n) is 16.3. The molecule has 2 aromatic rings. The number of nitrogens with zero attached hydrogens (tertiary/aromatic N) is 3. The van der Waals surface area contributed by atoms with Gasteiger partial charge in [0.05, 0.1) is 39.0 Å². The van der Waals surface area contributed by atoms with Crippen LogP contribution in [-0.2, 0) is 16.2 Å². The largest absolute Gasteiger partial charge is 0.497 e. The van der Waals surface area contributed by atoms with Gasteiger partial charge in [-0.05, 0) is 44.1 Å². The number of ether oxygens (including phenoxy) is 3. The molecule has 0 radical (unpaired) electrons. The molecule has 1 aromatic carbocycles. The Morgan fingerprint density at radius 3 is 2.68 bits per heavy atom. The van der Waals surface area contributed by atoms with Crippen molar-refractivity contribution < 1.29 is 23.4 Å². The van der Waals surface area contributed by atoms with Crippen molar-refractivity contribution in [3.63, 3.8) is 0 Å². The molecular formula is C19H25N3O5S. The Balaban J connectivity index is 1.69. The molecule has 0 unspecified atom stereocenters. The third-order valence-corrected chi connectivity index (χ3v) is 5.08. The van der Waals surface area contributed by atoms with Gasteiger partial charge >= 0.3 is 5.97 Å². The Kier molecular flexibility index (Phi) is 6.69. The van der Waals surface area contributed by atoms with Gasteiger partial charge in [-0.2, -0.15) is 0 Å². The Labute approximate surface area is 169 Å². The van der Waals surface area contributed by atoms with Gasteiger partial charge in [-0.3, -0.25) is 9.69 Å². The average molecular weight is 407 g/mol. The summed E-state index contributed by atoms with van der Waals surface area (Å²) in [6, 6.07) is 5.41. The van der Waals surface area contributed by atoms with E-state index in [0.717, 1.165) is 25.9 Å². The van der Waals surface area contributed by atoms with Gasteiger partial charge in [0, 0.05) is 19.2 Å². The lowest BCUT2D eigenvalue weighted by Gasteiger charge is -2.30. The highest BCUT2D eigenvalue weighted by molar-refractivity contribution is 7.71. The van der Waals surface area contributed by atoms with Crippen LogP contribution in [-0.4, -0.2) is 54.6 Å². The number of rotatable bonds is 7. The van der Waals surface area contributed by atoms with Gasteiger partial charge in [-0.15, -0.1) is 5.10 Å². The summed E-state index contributed by atoms with van der Waals surface area (Å²) in [5.74, 6) is 1.54. The lowest BCUT2D eigenvalue weighted by atomic mass is 9.97. The number of hydrogen-bond donors (Lipinski definition) is 0. The maximum Gasteiger partial charge on any atom is 0.309 e. The summed E-state index contributed by atoms with van der Waals surface area (Å²) < 4.78 is 23.1. The number of carbonyl (C=O) groups is 1. The SMILES string of the molecule is CCOC(=O)C1CCN(Cn2nc(-c3ccc(OC)cc3OC)oc2=S)CC1. The number of hydrogen-bond acceptors (Lipinski definition) is 8. The molecule has 1 saturated heterocycles. The van der Waals surface area contributed by atoms with Crippen LogP contribution in [0.4, 0.5) is 0 Å². The number of methoxy groups -OCH3 is 2. The molecule has 0 saturated carbocycles. The number of esters is 1. The van der Waals surface area contributed by atoms with Crippen LogP contribution in [0.25, 0.3) is 11.5 Å². The molecule has 0 bridgehead atoms. The van der Waals surface area contributed by atoms with E-state index < -0.39 is 0 Å². The normalized spacial score (nSPS) is 15.4. The predicted molar refractivity (Wildman–Crippen MR) is 105 cm³/mol. The summed E-state index contributed by atoms with van der Waals surface area (Å²) in [7, 11) is 3.18. The van der Waals surface area contributed by atoms with Crippen LogP contribution in [0, 0.1) is 10.8 Å². The highest BCUT2D eigenvalue weighted by Crippen LogP contribution is 2.32. The second kappa shape index (κ2) is 9.20. The molecule has 152 valence electrons. The number of aromatic nitrogens is 2. The number of carbonyl (C=O) groups excluding carboxylic acids is 1. The molecule has 8 nitrogen and oxygen atoms in total. The first kappa shape index (κ1) is 20.3. The standard InChI is InChI=1S/C19H25N3O5S/c1-4-26-18(23)13-7-9-21(10-8-13)12-22-19(28)27-17(20-22)15-6-5-14(24-2)11-16(15)25-3/h5-6,11,13H,4,7-10,12H2,1-3H3. The van der Waals surface area contributed by atoms with E-state index in [1.54, 1.807) is 25.0 Å². The fraction of sp³-hybridized carbons (Fsp3) is 0.526. The summed E-state index contributed by atoms with van der Waals surface area (Å²) in [4.78, 5) is 14.4. The van der Waals surface area contributed by atoms with E-state index in [1.165, 1.54) is 0 Å².